The minimum Gasteiger partial charge on any atom is -0.481 e. The van der Waals surface area contributed by atoms with Gasteiger partial charge >= 0.3 is 5.97 Å². The zero-order valence-electron chi connectivity index (χ0n) is 12.7. The van der Waals surface area contributed by atoms with Gasteiger partial charge in [0, 0.05) is 5.02 Å². The number of aliphatic carboxylic acids is 1. The van der Waals surface area contributed by atoms with Crippen LogP contribution in [0.3, 0.4) is 0 Å². The molecule has 2 aromatic heterocycles. The molecule has 1 aliphatic rings. The Balaban J connectivity index is 1.82. The molecule has 0 fully saturated rings. The number of benzene rings is 1. The Bertz CT molecular complexity index is 951. The predicted molar refractivity (Wildman–Crippen MR) is 98.6 cm³/mol. The van der Waals surface area contributed by atoms with Crippen LogP contribution in [0.2, 0.25) is 5.02 Å². The molecule has 0 spiro atoms. The molecule has 6 nitrogen and oxygen atoms in total. The first-order valence-electron chi connectivity index (χ1n) is 7.34. The number of thiophene rings is 1. The lowest BCUT2D eigenvalue weighted by Crippen LogP contribution is -2.27. The van der Waals surface area contributed by atoms with E-state index in [4.69, 9.17) is 11.6 Å². The monoisotopic (exact) mass is 390 g/mol. The lowest BCUT2D eigenvalue weighted by Gasteiger charge is -2.21. The number of fused-ring (bicyclic) bond motifs is 1. The van der Waals surface area contributed by atoms with E-state index in [1.54, 1.807) is 28.1 Å². The fraction of sp³-hybridized carbons (Fsp3) is 0.125. The number of carboxylic acids is 1. The highest BCUT2D eigenvalue weighted by Crippen LogP contribution is 2.35. The van der Waals surface area contributed by atoms with Crippen LogP contribution < -0.4 is 0 Å². The molecule has 1 aliphatic heterocycles. The molecule has 0 bridgehead atoms. The molecule has 126 valence electrons. The topological polar surface area (TPSA) is 80.4 Å². The second kappa shape index (κ2) is 6.62. The molecule has 1 atom stereocenters. The van der Waals surface area contributed by atoms with E-state index in [1.165, 1.54) is 11.8 Å². The van der Waals surface area contributed by atoms with Gasteiger partial charge in [0.15, 0.2) is 5.82 Å². The van der Waals surface area contributed by atoms with E-state index in [2.05, 4.69) is 15.3 Å². The minimum atomic E-state index is -0.884. The third-order valence-corrected chi connectivity index (χ3v) is 5.87. The molecule has 4 rings (SSSR count). The summed E-state index contributed by atoms with van der Waals surface area (Å²) >= 11 is 8.88. The van der Waals surface area contributed by atoms with Gasteiger partial charge in [-0.05, 0) is 29.1 Å². The second-order valence-corrected chi connectivity index (χ2v) is 7.85. The van der Waals surface area contributed by atoms with Crippen LogP contribution in [0, 0.1) is 0 Å². The van der Waals surface area contributed by atoms with Crippen LogP contribution in [-0.2, 0) is 4.79 Å². The maximum Gasteiger partial charge on any atom is 0.304 e. The number of nitrogens with zero attached hydrogens (tertiary/aromatic N) is 4. The highest BCUT2D eigenvalue weighted by molar-refractivity contribution is 8.00. The van der Waals surface area contributed by atoms with Gasteiger partial charge in [-0.2, -0.15) is 9.78 Å². The highest BCUT2D eigenvalue weighted by Gasteiger charge is 2.31. The van der Waals surface area contributed by atoms with Gasteiger partial charge in [-0.3, -0.25) is 4.79 Å². The van der Waals surface area contributed by atoms with Gasteiger partial charge in [-0.25, -0.2) is 0 Å². The molecule has 3 heterocycles. The Kier molecular flexibility index (Phi) is 4.32. The fourth-order valence-electron chi connectivity index (χ4n) is 2.50. The number of carboxylic acid groups (broad SMARTS) is 1. The van der Waals surface area contributed by atoms with Gasteiger partial charge in [0.25, 0.3) is 0 Å². The molecule has 0 radical (unpaired) electrons. The van der Waals surface area contributed by atoms with Crippen molar-refractivity contribution in [3.63, 3.8) is 0 Å². The molecule has 0 saturated carbocycles. The van der Waals surface area contributed by atoms with Crippen LogP contribution in [0.4, 0.5) is 0 Å². The highest BCUT2D eigenvalue weighted by atomic mass is 35.5. The van der Waals surface area contributed by atoms with Crippen LogP contribution >= 0.6 is 34.7 Å². The molecular formula is C16H11ClN4O2S2. The zero-order valence-corrected chi connectivity index (χ0v) is 15.1. The van der Waals surface area contributed by atoms with Crippen LogP contribution in [0.25, 0.3) is 10.7 Å². The van der Waals surface area contributed by atoms with E-state index in [1.807, 2.05) is 29.6 Å². The van der Waals surface area contributed by atoms with Crippen molar-refractivity contribution in [3.05, 3.63) is 52.4 Å². The molecule has 1 N–H and O–H groups in total. The van der Waals surface area contributed by atoms with Gasteiger partial charge in [0.1, 0.15) is 0 Å². The van der Waals surface area contributed by atoms with Crippen molar-refractivity contribution in [1.82, 2.24) is 14.9 Å². The zero-order chi connectivity index (χ0) is 17.4. The van der Waals surface area contributed by atoms with Crippen LogP contribution in [0.1, 0.15) is 12.0 Å². The van der Waals surface area contributed by atoms with Gasteiger partial charge in [0.05, 0.1) is 22.3 Å². The number of halogens is 1. The van der Waals surface area contributed by atoms with Crippen molar-refractivity contribution < 1.29 is 9.90 Å². The largest absolute Gasteiger partial charge is 0.481 e. The molecular weight excluding hydrogens is 380 g/mol. The molecule has 0 unspecified atom stereocenters. The predicted octanol–water partition coefficient (Wildman–Crippen LogP) is 3.86. The number of rotatable bonds is 4. The van der Waals surface area contributed by atoms with E-state index in [-0.39, 0.29) is 11.7 Å². The fourth-order valence-corrected chi connectivity index (χ4v) is 4.41. The second-order valence-electron chi connectivity index (χ2n) is 5.29. The first-order chi connectivity index (χ1) is 12.1. The average Bonchev–Trinajstić information content (AvgIpc) is 3.23. The quantitative estimate of drug-likeness (QED) is 0.731. The average molecular weight is 391 g/mol. The summed E-state index contributed by atoms with van der Waals surface area (Å²) in [6, 6.07) is 11.1. The third-order valence-electron chi connectivity index (χ3n) is 3.61. The molecule has 25 heavy (non-hydrogen) atoms. The van der Waals surface area contributed by atoms with Crippen molar-refractivity contribution in [2.24, 2.45) is 5.10 Å². The lowest BCUT2D eigenvalue weighted by atomic mass is 10.1. The van der Waals surface area contributed by atoms with Gasteiger partial charge in [-0.15, -0.1) is 21.5 Å². The number of aromatic nitrogens is 3. The molecule has 0 amide bonds. The lowest BCUT2D eigenvalue weighted by molar-refractivity contribution is -0.136. The maximum absolute atomic E-state index is 11.3. The SMILES string of the molecule is O=C(O)C[C@@H]1Sc2nnc(-c3cccs3)n2N=C1c1ccc(Cl)cc1. The number of hydrogen-bond donors (Lipinski definition) is 1. The first-order valence-corrected chi connectivity index (χ1v) is 9.48. The van der Waals surface area contributed by atoms with Crippen LogP contribution in [0.5, 0.6) is 0 Å². The van der Waals surface area contributed by atoms with E-state index in [0.717, 1.165) is 10.4 Å². The van der Waals surface area contributed by atoms with Crippen molar-refractivity contribution >= 4 is 46.4 Å². The van der Waals surface area contributed by atoms with Crippen molar-refractivity contribution in [3.8, 4) is 10.7 Å². The summed E-state index contributed by atoms with van der Waals surface area (Å²) < 4.78 is 1.68. The van der Waals surface area contributed by atoms with Crippen LogP contribution in [-0.4, -0.2) is 36.9 Å². The van der Waals surface area contributed by atoms with Crippen LogP contribution in [0.15, 0.2) is 52.0 Å². The van der Waals surface area contributed by atoms with E-state index in [9.17, 15) is 9.90 Å². The van der Waals surface area contributed by atoms with Crippen molar-refractivity contribution in [1.29, 1.82) is 0 Å². The molecule has 9 heteroatoms. The summed E-state index contributed by atoms with van der Waals surface area (Å²) in [5.74, 6) is -0.233. The molecule has 0 aliphatic carbocycles. The Hall–Kier alpha value is -2.16. The molecule has 1 aromatic carbocycles. The summed E-state index contributed by atoms with van der Waals surface area (Å²) in [4.78, 5) is 12.2. The standard InChI is InChI=1S/C16H11ClN4O2S2/c17-10-5-3-9(4-6-10)14-12(8-13(22)23)25-16-19-18-15(21(16)20-14)11-2-1-7-24-11/h1-7,12H,8H2,(H,22,23)/t12-/m0/s1. The molecule has 0 saturated heterocycles. The Morgan fingerprint density at radius 2 is 2.04 bits per heavy atom. The van der Waals surface area contributed by atoms with Gasteiger partial charge in [0.2, 0.25) is 5.16 Å². The normalized spacial score (nSPS) is 16.4. The smallest absolute Gasteiger partial charge is 0.304 e. The maximum atomic E-state index is 11.3. The van der Waals surface area contributed by atoms with Crippen molar-refractivity contribution in [2.45, 2.75) is 16.8 Å². The molecule has 3 aromatic rings. The summed E-state index contributed by atoms with van der Waals surface area (Å²) in [5.41, 5.74) is 1.51. The Morgan fingerprint density at radius 1 is 1.24 bits per heavy atom. The first kappa shape index (κ1) is 16.3. The summed E-state index contributed by atoms with van der Waals surface area (Å²) in [6.07, 6.45) is -0.0483. The van der Waals surface area contributed by atoms with E-state index < -0.39 is 5.97 Å². The third kappa shape index (κ3) is 3.20. The number of thioether (sulfide) groups is 1. The van der Waals surface area contributed by atoms with E-state index in [0.29, 0.717) is 21.7 Å². The minimum absolute atomic E-state index is 0.0483. The number of carbonyl (C=O) groups is 1. The van der Waals surface area contributed by atoms with Crippen molar-refractivity contribution in [2.75, 3.05) is 0 Å². The Labute approximate surface area is 156 Å². The summed E-state index contributed by atoms with van der Waals surface area (Å²) in [5, 5.41) is 25.2. The van der Waals surface area contributed by atoms with E-state index >= 15 is 0 Å². The summed E-state index contributed by atoms with van der Waals surface area (Å²) in [7, 11) is 0. The van der Waals surface area contributed by atoms with Gasteiger partial charge in [-0.1, -0.05) is 41.6 Å². The Morgan fingerprint density at radius 3 is 2.72 bits per heavy atom. The number of hydrogen-bond acceptors (Lipinski definition) is 6. The van der Waals surface area contributed by atoms with Gasteiger partial charge < -0.3 is 5.11 Å². The summed E-state index contributed by atoms with van der Waals surface area (Å²) in [6.45, 7) is 0.